The monoisotopic (exact) mass is 541 g/mol. The third-order valence-electron chi connectivity index (χ3n) is 7.28. The minimum Gasteiger partial charge on any atom is -0.477 e. The zero-order valence-electron chi connectivity index (χ0n) is 22.6. The Bertz CT molecular complexity index is 1610. The second-order valence-electron chi connectivity index (χ2n) is 9.95. The van der Waals surface area contributed by atoms with Crippen LogP contribution < -0.4 is 15.8 Å². The molecule has 0 bridgehead atoms. The molecule has 1 aliphatic rings. The molecule has 1 saturated heterocycles. The number of anilines is 2. The molecule has 3 aromatic carbocycles. The minimum atomic E-state index is -1.32. The number of fused-ring (bicyclic) bond motifs is 1. The topological polar surface area (TPSA) is 90.2 Å². The van der Waals surface area contributed by atoms with Crippen LogP contribution in [0.4, 0.5) is 15.8 Å². The third-order valence-corrected chi connectivity index (χ3v) is 7.28. The fourth-order valence-electron chi connectivity index (χ4n) is 5.00. The van der Waals surface area contributed by atoms with Crippen molar-refractivity contribution in [3.63, 3.8) is 0 Å². The summed E-state index contributed by atoms with van der Waals surface area (Å²) in [6.07, 6.45) is 1.34. The maximum atomic E-state index is 15.3. The summed E-state index contributed by atoms with van der Waals surface area (Å²) >= 11 is 0. The molecule has 0 radical (unpaired) electrons. The van der Waals surface area contributed by atoms with Gasteiger partial charge in [-0.3, -0.25) is 15.1 Å². The molecule has 1 aromatic heterocycles. The summed E-state index contributed by atoms with van der Waals surface area (Å²) < 4.78 is 17.0. The van der Waals surface area contributed by atoms with Crippen LogP contribution in [0.1, 0.15) is 28.4 Å². The molecule has 0 amide bonds. The van der Waals surface area contributed by atoms with Crippen molar-refractivity contribution in [3.05, 3.63) is 106 Å². The number of hydrazone groups is 1. The number of carboxylic acid groups (broad SMARTS) is 1. The molecule has 4 aromatic rings. The van der Waals surface area contributed by atoms with E-state index in [1.54, 1.807) is 10.6 Å². The molecule has 8 nitrogen and oxygen atoms in total. The van der Waals surface area contributed by atoms with Crippen molar-refractivity contribution in [3.8, 4) is 0 Å². The summed E-state index contributed by atoms with van der Waals surface area (Å²) in [5.74, 6) is -1.85. The van der Waals surface area contributed by atoms with Crippen LogP contribution in [0.25, 0.3) is 10.9 Å². The van der Waals surface area contributed by atoms with Gasteiger partial charge in [0.2, 0.25) is 5.43 Å². The molecule has 1 aliphatic heterocycles. The first-order valence-electron chi connectivity index (χ1n) is 13.4. The van der Waals surface area contributed by atoms with Gasteiger partial charge in [-0.05, 0) is 43.7 Å². The Kier molecular flexibility index (Phi) is 7.93. The van der Waals surface area contributed by atoms with Crippen molar-refractivity contribution < 1.29 is 14.3 Å². The van der Waals surface area contributed by atoms with E-state index in [0.29, 0.717) is 50.5 Å². The average molecular weight is 542 g/mol. The minimum absolute atomic E-state index is 0.0755. The number of aromatic carboxylic acids is 1. The van der Waals surface area contributed by atoms with Crippen LogP contribution in [-0.2, 0) is 6.54 Å². The lowest BCUT2D eigenvalue weighted by atomic mass is 10.1. The van der Waals surface area contributed by atoms with E-state index in [1.165, 1.54) is 17.8 Å². The van der Waals surface area contributed by atoms with Gasteiger partial charge in [-0.15, -0.1) is 0 Å². The van der Waals surface area contributed by atoms with E-state index in [-0.39, 0.29) is 10.9 Å². The van der Waals surface area contributed by atoms with Crippen LogP contribution in [0.15, 0.2) is 82.8 Å². The molecule has 0 saturated carbocycles. The average Bonchev–Trinajstić information content (AvgIpc) is 2.97. The van der Waals surface area contributed by atoms with E-state index >= 15 is 4.39 Å². The number of nitrogens with zero attached hydrogens (tertiary/aromatic N) is 4. The molecular formula is C31H32FN5O3. The summed E-state index contributed by atoms with van der Waals surface area (Å²) in [5, 5.41) is 14.2. The van der Waals surface area contributed by atoms with Crippen LogP contribution in [0.5, 0.6) is 0 Å². The molecule has 1 fully saturated rings. The lowest BCUT2D eigenvalue weighted by molar-refractivity contribution is 0.0695. The molecule has 9 heteroatoms. The van der Waals surface area contributed by atoms with Gasteiger partial charge in [0.1, 0.15) is 11.4 Å². The second-order valence-corrected chi connectivity index (χ2v) is 9.95. The number of aromatic nitrogens is 1. The van der Waals surface area contributed by atoms with Crippen LogP contribution in [0.2, 0.25) is 0 Å². The van der Waals surface area contributed by atoms with E-state index in [9.17, 15) is 14.7 Å². The zero-order valence-corrected chi connectivity index (χ0v) is 22.6. The fourth-order valence-corrected chi connectivity index (χ4v) is 5.00. The maximum absolute atomic E-state index is 15.3. The second kappa shape index (κ2) is 11.7. The predicted molar refractivity (Wildman–Crippen MR) is 157 cm³/mol. The van der Waals surface area contributed by atoms with Crippen LogP contribution >= 0.6 is 0 Å². The third kappa shape index (κ3) is 5.74. The number of rotatable bonds is 8. The first-order chi connectivity index (χ1) is 19.3. The first-order valence-corrected chi connectivity index (χ1v) is 13.4. The molecule has 5 rings (SSSR count). The number of carbonyl (C=O) groups is 1. The highest BCUT2D eigenvalue weighted by Gasteiger charge is 2.23. The molecule has 0 spiro atoms. The molecule has 2 heterocycles. The number of hydrogen-bond donors (Lipinski definition) is 2. The molecule has 2 N–H and O–H groups in total. The van der Waals surface area contributed by atoms with Gasteiger partial charge in [0.25, 0.3) is 0 Å². The standard InChI is InChI=1S/C31H32FN5O3/c1-3-36-19-25(31(39)40)30(38)24-17-26(32)29(18-28(24)36)37-15-13-35(14-16-37)20-27(22-11-9-21(2)10-12-22)34-33-23-7-5-4-6-8-23/h4-12,17-19,33H,3,13-16,20H2,1-2H3,(H,39,40)/b34-27-. The number of para-hydroxylation sites is 1. The van der Waals surface area contributed by atoms with Gasteiger partial charge in [-0.2, -0.15) is 5.10 Å². The summed E-state index contributed by atoms with van der Waals surface area (Å²) in [7, 11) is 0. The molecule has 0 unspecified atom stereocenters. The number of hydrogen-bond acceptors (Lipinski definition) is 6. The largest absolute Gasteiger partial charge is 0.477 e. The molecule has 0 aliphatic carbocycles. The summed E-state index contributed by atoms with van der Waals surface area (Å²) in [4.78, 5) is 28.5. The lowest BCUT2D eigenvalue weighted by Gasteiger charge is -2.36. The van der Waals surface area contributed by atoms with E-state index in [4.69, 9.17) is 5.10 Å². The highest BCUT2D eigenvalue weighted by molar-refractivity contribution is 6.02. The normalized spacial score (nSPS) is 14.5. The Balaban J connectivity index is 1.35. The Hall–Kier alpha value is -4.50. The van der Waals surface area contributed by atoms with E-state index in [0.717, 1.165) is 17.0 Å². The van der Waals surface area contributed by atoms with Crippen molar-refractivity contribution in [2.45, 2.75) is 20.4 Å². The number of benzene rings is 3. The van der Waals surface area contributed by atoms with Crippen molar-refractivity contribution in [2.75, 3.05) is 43.0 Å². The van der Waals surface area contributed by atoms with Crippen molar-refractivity contribution in [2.24, 2.45) is 5.10 Å². The smallest absolute Gasteiger partial charge is 0.341 e. The Labute approximate surface area is 232 Å². The number of halogens is 1. The van der Waals surface area contributed by atoms with E-state index in [1.807, 2.05) is 42.2 Å². The highest BCUT2D eigenvalue weighted by atomic mass is 19.1. The number of nitrogens with one attached hydrogen (secondary N) is 1. The quantitative estimate of drug-likeness (QED) is 0.246. The van der Waals surface area contributed by atoms with Crippen LogP contribution in [0.3, 0.4) is 0 Å². The van der Waals surface area contributed by atoms with Gasteiger partial charge >= 0.3 is 5.97 Å². The van der Waals surface area contributed by atoms with Gasteiger partial charge in [-0.1, -0.05) is 48.0 Å². The lowest BCUT2D eigenvalue weighted by Crippen LogP contribution is -2.48. The maximum Gasteiger partial charge on any atom is 0.341 e. The van der Waals surface area contributed by atoms with Gasteiger partial charge in [0, 0.05) is 50.9 Å². The molecular weight excluding hydrogens is 509 g/mol. The Morgan fingerprint density at radius 3 is 2.38 bits per heavy atom. The molecule has 40 heavy (non-hydrogen) atoms. The number of carboxylic acids is 1. The summed E-state index contributed by atoms with van der Waals surface area (Å²) in [6.45, 7) is 7.59. The summed E-state index contributed by atoms with van der Waals surface area (Å²) in [5.41, 5.74) is 7.11. The van der Waals surface area contributed by atoms with Crippen LogP contribution in [-0.4, -0.2) is 59.0 Å². The fraction of sp³-hybridized carbons (Fsp3) is 0.258. The zero-order chi connectivity index (χ0) is 28.2. The number of aryl methyl sites for hydroxylation is 2. The van der Waals surface area contributed by atoms with Gasteiger partial charge in [-0.25, -0.2) is 9.18 Å². The predicted octanol–water partition coefficient (Wildman–Crippen LogP) is 4.81. The first kappa shape index (κ1) is 27.1. The molecule has 0 atom stereocenters. The van der Waals surface area contributed by atoms with Crippen molar-refractivity contribution >= 4 is 34.0 Å². The van der Waals surface area contributed by atoms with Gasteiger partial charge in [0.15, 0.2) is 0 Å². The Morgan fingerprint density at radius 1 is 1.02 bits per heavy atom. The molecule has 206 valence electrons. The van der Waals surface area contributed by atoms with Crippen molar-refractivity contribution in [1.29, 1.82) is 0 Å². The Morgan fingerprint density at radius 2 is 1.73 bits per heavy atom. The summed E-state index contributed by atoms with van der Waals surface area (Å²) in [6, 6.07) is 20.9. The number of pyridine rings is 1. The van der Waals surface area contributed by atoms with Gasteiger partial charge < -0.3 is 14.6 Å². The van der Waals surface area contributed by atoms with E-state index < -0.39 is 17.2 Å². The van der Waals surface area contributed by atoms with Crippen molar-refractivity contribution in [1.82, 2.24) is 9.47 Å². The highest BCUT2D eigenvalue weighted by Crippen LogP contribution is 2.26. The van der Waals surface area contributed by atoms with E-state index in [2.05, 4.69) is 41.5 Å². The SMILES string of the molecule is CCn1cc(C(=O)O)c(=O)c2cc(F)c(N3CCN(C/C(=N/Nc4ccccc4)c4ccc(C)cc4)CC3)cc21. The number of piperazine rings is 1. The van der Waals surface area contributed by atoms with Gasteiger partial charge in [0.05, 0.1) is 22.6 Å². The van der Waals surface area contributed by atoms with Crippen LogP contribution in [0, 0.1) is 12.7 Å².